The van der Waals surface area contributed by atoms with Gasteiger partial charge in [0.2, 0.25) is 0 Å². The average Bonchev–Trinajstić information content (AvgIpc) is 2.18. The topological polar surface area (TPSA) is 63.6 Å². The fourth-order valence-electron chi connectivity index (χ4n) is 1.59. The third kappa shape index (κ3) is 4.75. The summed E-state index contributed by atoms with van der Waals surface area (Å²) < 4.78 is 16.8. The molecule has 1 saturated heterocycles. The van der Waals surface area contributed by atoms with E-state index in [2.05, 4.69) is 0 Å². The van der Waals surface area contributed by atoms with Crippen molar-refractivity contribution in [3.8, 4) is 0 Å². The number of aliphatic carboxylic acids is 1. The minimum atomic E-state index is -1.00. The van der Waals surface area contributed by atoms with Gasteiger partial charge in [-0.3, -0.25) is 9.00 Å². The Bertz CT molecular complexity index is 236. The Morgan fingerprint density at radius 3 is 2.67 bits per heavy atom. The van der Waals surface area contributed by atoms with Crippen molar-refractivity contribution in [3.63, 3.8) is 0 Å². The zero-order valence-corrected chi connectivity index (χ0v) is 9.79. The Morgan fingerprint density at radius 2 is 2.13 bits per heavy atom. The van der Waals surface area contributed by atoms with Crippen LogP contribution in [0, 0.1) is 11.8 Å². The van der Waals surface area contributed by atoms with Gasteiger partial charge in [-0.25, -0.2) is 0 Å². The molecule has 5 heteroatoms. The second-order valence-corrected chi connectivity index (χ2v) is 5.61. The molecule has 0 amide bonds. The van der Waals surface area contributed by atoms with Crippen LogP contribution in [0.4, 0.5) is 0 Å². The average molecular weight is 234 g/mol. The molecule has 0 aliphatic carbocycles. The Labute approximate surface area is 92.5 Å². The third-order valence-electron chi connectivity index (χ3n) is 2.62. The molecule has 0 saturated carbocycles. The monoisotopic (exact) mass is 234 g/mol. The number of carboxylic acid groups (broad SMARTS) is 1. The zero-order valence-electron chi connectivity index (χ0n) is 8.98. The fraction of sp³-hybridized carbons (Fsp3) is 0.900. The lowest BCUT2D eigenvalue weighted by molar-refractivity contribution is -0.140. The van der Waals surface area contributed by atoms with Gasteiger partial charge in [0.05, 0.1) is 5.92 Å². The third-order valence-corrected chi connectivity index (χ3v) is 4.33. The first-order valence-electron chi connectivity index (χ1n) is 5.25. The minimum Gasteiger partial charge on any atom is -0.481 e. The lowest BCUT2D eigenvalue weighted by Crippen LogP contribution is -2.25. The predicted molar refractivity (Wildman–Crippen MR) is 58.2 cm³/mol. The summed E-state index contributed by atoms with van der Waals surface area (Å²) in [5.41, 5.74) is 0. The van der Waals surface area contributed by atoms with Crippen LogP contribution in [0.2, 0.25) is 0 Å². The van der Waals surface area contributed by atoms with E-state index in [1.165, 1.54) is 0 Å². The molecule has 0 aromatic heterocycles. The largest absolute Gasteiger partial charge is 0.481 e. The zero-order chi connectivity index (χ0) is 11.3. The second kappa shape index (κ2) is 6.23. The molecular formula is C10H18O4S. The van der Waals surface area contributed by atoms with Gasteiger partial charge in [0, 0.05) is 35.5 Å². The van der Waals surface area contributed by atoms with Crippen molar-refractivity contribution in [2.24, 2.45) is 11.8 Å². The fourth-order valence-corrected chi connectivity index (χ4v) is 3.29. The smallest absolute Gasteiger partial charge is 0.307 e. The summed E-state index contributed by atoms with van der Waals surface area (Å²) in [6, 6.07) is 0. The van der Waals surface area contributed by atoms with Gasteiger partial charge in [0.15, 0.2) is 0 Å². The molecule has 2 atom stereocenters. The van der Waals surface area contributed by atoms with Gasteiger partial charge in [-0.05, 0) is 18.8 Å². The molecular weight excluding hydrogens is 216 g/mol. The van der Waals surface area contributed by atoms with Crippen LogP contribution in [0.15, 0.2) is 0 Å². The van der Waals surface area contributed by atoms with Crippen molar-refractivity contribution >= 4 is 16.8 Å². The van der Waals surface area contributed by atoms with Gasteiger partial charge in [-0.15, -0.1) is 0 Å². The number of ether oxygens (including phenoxy) is 1. The van der Waals surface area contributed by atoms with Gasteiger partial charge < -0.3 is 9.84 Å². The van der Waals surface area contributed by atoms with E-state index in [1.807, 2.05) is 0 Å². The number of hydrogen-bond donors (Lipinski definition) is 1. The van der Waals surface area contributed by atoms with Crippen molar-refractivity contribution in [2.75, 3.05) is 24.7 Å². The summed E-state index contributed by atoms with van der Waals surface area (Å²) in [7, 11) is -1.00. The van der Waals surface area contributed by atoms with E-state index in [1.54, 1.807) is 6.92 Å². The van der Waals surface area contributed by atoms with Crippen LogP contribution < -0.4 is 0 Å². The SMILES string of the molecule is CC(CS(=O)CC1CCOCC1)C(=O)O. The van der Waals surface area contributed by atoms with Crippen molar-refractivity contribution in [3.05, 3.63) is 0 Å². The molecule has 0 radical (unpaired) electrons. The second-order valence-electron chi connectivity index (χ2n) is 4.07. The Morgan fingerprint density at radius 1 is 1.53 bits per heavy atom. The maximum atomic E-state index is 11.6. The number of rotatable bonds is 5. The highest BCUT2D eigenvalue weighted by Crippen LogP contribution is 2.16. The first kappa shape index (κ1) is 12.6. The summed E-state index contributed by atoms with van der Waals surface area (Å²) in [5.74, 6) is -0.0326. The highest BCUT2D eigenvalue weighted by molar-refractivity contribution is 7.85. The molecule has 1 heterocycles. The lowest BCUT2D eigenvalue weighted by atomic mass is 10.0. The van der Waals surface area contributed by atoms with Crippen molar-refractivity contribution in [2.45, 2.75) is 19.8 Å². The van der Waals surface area contributed by atoms with Crippen LogP contribution in [0.25, 0.3) is 0 Å². The quantitative estimate of drug-likeness (QED) is 0.767. The molecule has 1 fully saturated rings. The van der Waals surface area contributed by atoms with E-state index in [-0.39, 0.29) is 5.75 Å². The maximum absolute atomic E-state index is 11.6. The summed E-state index contributed by atoms with van der Waals surface area (Å²) >= 11 is 0. The van der Waals surface area contributed by atoms with E-state index in [9.17, 15) is 9.00 Å². The molecule has 1 rings (SSSR count). The van der Waals surface area contributed by atoms with Gasteiger partial charge >= 0.3 is 5.97 Å². The molecule has 1 aliphatic heterocycles. The van der Waals surface area contributed by atoms with E-state index in [0.29, 0.717) is 11.7 Å². The van der Waals surface area contributed by atoms with E-state index >= 15 is 0 Å². The predicted octanol–water partition coefficient (Wildman–Crippen LogP) is 0.882. The van der Waals surface area contributed by atoms with Crippen LogP contribution >= 0.6 is 0 Å². The van der Waals surface area contributed by atoms with Crippen LogP contribution in [0.1, 0.15) is 19.8 Å². The molecule has 4 nitrogen and oxygen atoms in total. The highest BCUT2D eigenvalue weighted by atomic mass is 32.2. The van der Waals surface area contributed by atoms with Gasteiger partial charge in [0.25, 0.3) is 0 Å². The summed E-state index contributed by atoms with van der Waals surface area (Å²) in [5, 5.41) is 8.68. The van der Waals surface area contributed by atoms with Crippen LogP contribution in [0.5, 0.6) is 0 Å². The van der Waals surface area contributed by atoms with E-state index < -0.39 is 22.7 Å². The molecule has 0 aromatic carbocycles. The van der Waals surface area contributed by atoms with E-state index in [4.69, 9.17) is 9.84 Å². The Balaban J connectivity index is 2.25. The Kier molecular flexibility index (Phi) is 5.25. The molecule has 0 aromatic rings. The van der Waals surface area contributed by atoms with E-state index in [0.717, 1.165) is 26.1 Å². The van der Waals surface area contributed by atoms with Gasteiger partial charge in [0.1, 0.15) is 0 Å². The normalized spacial score (nSPS) is 22.2. The van der Waals surface area contributed by atoms with Gasteiger partial charge in [-0.2, -0.15) is 0 Å². The highest BCUT2D eigenvalue weighted by Gasteiger charge is 2.20. The Hall–Kier alpha value is -0.420. The molecule has 2 unspecified atom stereocenters. The maximum Gasteiger partial charge on any atom is 0.307 e. The van der Waals surface area contributed by atoms with Crippen molar-refractivity contribution in [1.29, 1.82) is 0 Å². The standard InChI is InChI=1S/C10H18O4S/c1-8(10(11)12)6-15(13)7-9-2-4-14-5-3-9/h8-9H,2-7H2,1H3,(H,11,12). The molecule has 1 N–H and O–H groups in total. The van der Waals surface area contributed by atoms with Crippen LogP contribution in [-0.2, 0) is 20.3 Å². The number of hydrogen-bond acceptors (Lipinski definition) is 3. The summed E-state index contributed by atoms with van der Waals surface area (Å²) in [4.78, 5) is 10.6. The molecule has 15 heavy (non-hydrogen) atoms. The van der Waals surface area contributed by atoms with Gasteiger partial charge in [-0.1, -0.05) is 6.92 Å². The lowest BCUT2D eigenvalue weighted by Gasteiger charge is -2.21. The summed E-state index contributed by atoms with van der Waals surface area (Å²) in [6.45, 7) is 3.09. The molecule has 1 aliphatic rings. The molecule has 88 valence electrons. The molecule has 0 spiro atoms. The van der Waals surface area contributed by atoms with Crippen molar-refractivity contribution in [1.82, 2.24) is 0 Å². The first-order chi connectivity index (χ1) is 7.09. The summed E-state index contributed by atoms with van der Waals surface area (Å²) in [6.07, 6.45) is 1.90. The first-order valence-corrected chi connectivity index (χ1v) is 6.74. The number of carbonyl (C=O) groups is 1. The number of carboxylic acids is 1. The van der Waals surface area contributed by atoms with Crippen LogP contribution in [-0.4, -0.2) is 40.0 Å². The van der Waals surface area contributed by atoms with Crippen LogP contribution in [0.3, 0.4) is 0 Å². The minimum absolute atomic E-state index is 0.271. The molecule has 0 bridgehead atoms. The van der Waals surface area contributed by atoms with Crippen molar-refractivity contribution < 1.29 is 18.8 Å².